The van der Waals surface area contributed by atoms with Gasteiger partial charge in [0.05, 0.1) is 4.83 Å². The van der Waals surface area contributed by atoms with Crippen LogP contribution < -0.4 is 16.0 Å². The van der Waals surface area contributed by atoms with Crippen LogP contribution in [-0.2, 0) is 27.2 Å². The minimum Gasteiger partial charge on any atom is -0.354 e. The Morgan fingerprint density at radius 2 is 1.17 bits per heavy atom. The third-order valence-electron chi connectivity index (χ3n) is 4.28. The molecule has 3 N–H and O–H groups in total. The average molecular weight is 460 g/mol. The van der Waals surface area contributed by atoms with Gasteiger partial charge in [-0.3, -0.25) is 14.4 Å². The molecule has 0 bridgehead atoms. The van der Waals surface area contributed by atoms with E-state index in [1.807, 2.05) is 60.7 Å². The first-order chi connectivity index (χ1) is 14.0. The Hall–Kier alpha value is -2.67. The Kier molecular flexibility index (Phi) is 9.37. The summed E-state index contributed by atoms with van der Waals surface area (Å²) in [6, 6.07) is 18.1. The van der Waals surface area contributed by atoms with E-state index >= 15 is 0 Å². The molecule has 0 unspecified atom stereocenters. The number of hydrogen-bond donors (Lipinski definition) is 3. The van der Waals surface area contributed by atoms with Crippen molar-refractivity contribution in [2.24, 2.45) is 0 Å². The summed E-state index contributed by atoms with van der Waals surface area (Å²) in [5.74, 6) is -1.48. The molecule has 154 valence electrons. The van der Waals surface area contributed by atoms with Gasteiger partial charge in [-0.2, -0.15) is 0 Å². The number of hydrogen-bond acceptors (Lipinski definition) is 3. The molecule has 6 nitrogen and oxygen atoms in total. The minimum atomic E-state index is -1.28. The fourth-order valence-electron chi connectivity index (χ4n) is 2.66. The lowest BCUT2D eigenvalue weighted by molar-refractivity contribution is -0.136. The maximum absolute atomic E-state index is 12.6. The second kappa shape index (κ2) is 12.0. The zero-order chi connectivity index (χ0) is 21.1. The van der Waals surface area contributed by atoms with E-state index in [-0.39, 0.29) is 0 Å². The van der Waals surface area contributed by atoms with Crippen molar-refractivity contribution in [1.29, 1.82) is 0 Å². The number of carbonyl (C=O) groups is 3. The minimum absolute atomic E-state index is 0.371. The van der Waals surface area contributed by atoms with Crippen molar-refractivity contribution in [3.8, 4) is 0 Å². The number of amides is 3. The van der Waals surface area contributed by atoms with Gasteiger partial charge in [-0.05, 0) is 30.9 Å². The highest BCUT2D eigenvalue weighted by Gasteiger charge is 2.29. The molecule has 2 rings (SSSR count). The Bertz CT molecular complexity index is 740. The number of halogens is 1. The summed E-state index contributed by atoms with van der Waals surface area (Å²) >= 11 is 3.16. The Morgan fingerprint density at radius 1 is 0.759 bits per heavy atom. The van der Waals surface area contributed by atoms with Gasteiger partial charge in [0.2, 0.25) is 5.91 Å². The van der Waals surface area contributed by atoms with Crippen LogP contribution in [0.5, 0.6) is 0 Å². The maximum Gasteiger partial charge on any atom is 0.252 e. The Labute approximate surface area is 179 Å². The van der Waals surface area contributed by atoms with E-state index in [2.05, 4.69) is 31.9 Å². The van der Waals surface area contributed by atoms with Crippen LogP contribution in [0.1, 0.15) is 18.1 Å². The zero-order valence-electron chi connectivity index (χ0n) is 16.4. The highest BCUT2D eigenvalue weighted by molar-refractivity contribution is 9.10. The number of nitrogens with one attached hydrogen (secondary N) is 3. The largest absolute Gasteiger partial charge is 0.354 e. The van der Waals surface area contributed by atoms with Crippen LogP contribution in [0.2, 0.25) is 0 Å². The Morgan fingerprint density at radius 3 is 1.55 bits per heavy atom. The summed E-state index contributed by atoms with van der Waals surface area (Å²) in [5.41, 5.74) is 2.16. The fraction of sp³-hybridized carbons (Fsp3) is 0.318. The van der Waals surface area contributed by atoms with Gasteiger partial charge in [0.25, 0.3) is 11.8 Å². The molecule has 2 aromatic carbocycles. The lowest BCUT2D eigenvalue weighted by atomic mass is 10.1. The quantitative estimate of drug-likeness (QED) is 0.374. The van der Waals surface area contributed by atoms with Crippen LogP contribution in [0.3, 0.4) is 0 Å². The van der Waals surface area contributed by atoms with Gasteiger partial charge in [0.1, 0.15) is 0 Å². The van der Waals surface area contributed by atoms with Gasteiger partial charge < -0.3 is 16.0 Å². The third kappa shape index (κ3) is 8.07. The van der Waals surface area contributed by atoms with E-state index in [0.29, 0.717) is 25.9 Å². The van der Waals surface area contributed by atoms with Crippen LogP contribution in [0.25, 0.3) is 0 Å². The summed E-state index contributed by atoms with van der Waals surface area (Å²) in [6.07, 6.45) is 1.27. The van der Waals surface area contributed by atoms with Crippen molar-refractivity contribution in [3.05, 3.63) is 71.8 Å². The fourth-order valence-corrected chi connectivity index (χ4v) is 2.79. The monoisotopic (exact) mass is 459 g/mol. The molecule has 1 atom stereocenters. The summed E-state index contributed by atoms with van der Waals surface area (Å²) in [4.78, 5) is 36.6. The lowest BCUT2D eigenvalue weighted by Crippen LogP contribution is -2.56. The topological polar surface area (TPSA) is 87.3 Å². The highest BCUT2D eigenvalue weighted by Crippen LogP contribution is 2.01. The smallest absolute Gasteiger partial charge is 0.252 e. The normalized spacial score (nSPS) is 11.6. The number of rotatable bonds is 10. The third-order valence-corrected chi connectivity index (χ3v) is 4.70. The van der Waals surface area contributed by atoms with Crippen molar-refractivity contribution >= 4 is 33.7 Å². The van der Waals surface area contributed by atoms with Crippen LogP contribution >= 0.6 is 15.9 Å². The second-order valence-corrected chi connectivity index (χ2v) is 7.98. The van der Waals surface area contributed by atoms with E-state index in [0.717, 1.165) is 11.1 Å². The molecule has 0 aliphatic heterocycles. The van der Waals surface area contributed by atoms with E-state index in [4.69, 9.17) is 0 Å². The summed E-state index contributed by atoms with van der Waals surface area (Å²) in [7, 11) is 0. The van der Waals surface area contributed by atoms with Crippen molar-refractivity contribution in [2.45, 2.75) is 30.6 Å². The van der Waals surface area contributed by atoms with Gasteiger partial charge in [0.15, 0.2) is 6.04 Å². The summed E-state index contributed by atoms with van der Waals surface area (Å²) in [5, 5.41) is 7.97. The molecule has 0 aliphatic rings. The van der Waals surface area contributed by atoms with E-state index < -0.39 is 28.6 Å². The first-order valence-corrected chi connectivity index (χ1v) is 10.5. The summed E-state index contributed by atoms with van der Waals surface area (Å²) < 4.78 is 0. The molecule has 0 radical (unpaired) electrons. The van der Waals surface area contributed by atoms with Gasteiger partial charge in [0, 0.05) is 13.1 Å². The van der Waals surface area contributed by atoms with Gasteiger partial charge in [-0.25, -0.2) is 0 Å². The Balaban J connectivity index is 1.90. The van der Waals surface area contributed by atoms with E-state index in [1.54, 1.807) is 6.92 Å². The number of carbonyl (C=O) groups excluding carboxylic acids is 3. The SMILES string of the molecule is C[C@@H](Br)C(=O)NC(C(=O)NCCc1ccccc1)C(=O)NCCc1ccccc1. The summed E-state index contributed by atoms with van der Waals surface area (Å²) in [6.45, 7) is 2.37. The molecule has 0 spiro atoms. The van der Waals surface area contributed by atoms with Crippen LogP contribution in [0.4, 0.5) is 0 Å². The van der Waals surface area contributed by atoms with Crippen molar-refractivity contribution in [2.75, 3.05) is 13.1 Å². The molecule has 0 fully saturated rings. The molecule has 29 heavy (non-hydrogen) atoms. The van der Waals surface area contributed by atoms with Crippen LogP contribution in [0.15, 0.2) is 60.7 Å². The van der Waals surface area contributed by atoms with Crippen molar-refractivity contribution in [3.63, 3.8) is 0 Å². The average Bonchev–Trinajstić information content (AvgIpc) is 2.73. The highest BCUT2D eigenvalue weighted by atomic mass is 79.9. The van der Waals surface area contributed by atoms with Crippen molar-refractivity contribution < 1.29 is 14.4 Å². The molecule has 0 aromatic heterocycles. The maximum atomic E-state index is 12.6. The van der Waals surface area contributed by atoms with Crippen LogP contribution in [0, 0.1) is 0 Å². The molecule has 0 heterocycles. The molecule has 0 aliphatic carbocycles. The molecule has 0 saturated heterocycles. The number of alkyl halides is 1. The molecular weight excluding hydrogens is 434 g/mol. The van der Waals surface area contributed by atoms with E-state index in [1.165, 1.54) is 0 Å². The lowest BCUT2D eigenvalue weighted by Gasteiger charge is -2.19. The molecule has 0 saturated carbocycles. The standard InChI is InChI=1S/C22H26BrN3O3/c1-16(23)20(27)26-19(21(28)24-14-12-17-8-4-2-5-9-17)22(29)25-15-13-18-10-6-3-7-11-18/h2-11,16,19H,12-15H2,1H3,(H,24,28)(H,25,29)(H,26,27)/t16-/m1/s1. The predicted molar refractivity (Wildman–Crippen MR) is 117 cm³/mol. The number of benzene rings is 2. The molecule has 7 heteroatoms. The second-order valence-electron chi connectivity index (χ2n) is 6.61. The van der Waals surface area contributed by atoms with E-state index in [9.17, 15) is 14.4 Å². The molecular formula is C22H26BrN3O3. The van der Waals surface area contributed by atoms with Gasteiger partial charge in [-0.1, -0.05) is 76.6 Å². The first kappa shape index (κ1) is 22.6. The zero-order valence-corrected chi connectivity index (χ0v) is 17.9. The predicted octanol–water partition coefficient (Wildman–Crippen LogP) is 1.97. The van der Waals surface area contributed by atoms with Crippen molar-refractivity contribution in [1.82, 2.24) is 16.0 Å². The molecule has 2 aromatic rings. The van der Waals surface area contributed by atoms with Crippen LogP contribution in [-0.4, -0.2) is 41.7 Å². The van der Waals surface area contributed by atoms with Gasteiger partial charge >= 0.3 is 0 Å². The molecule has 3 amide bonds. The first-order valence-electron chi connectivity index (χ1n) is 9.55. The van der Waals surface area contributed by atoms with Gasteiger partial charge in [-0.15, -0.1) is 0 Å².